The third-order valence-electron chi connectivity index (χ3n) is 3.25. The topological polar surface area (TPSA) is 59.6 Å². The van der Waals surface area contributed by atoms with E-state index in [1.165, 1.54) is 7.11 Å². The second kappa shape index (κ2) is 6.99. The lowest BCUT2D eigenvalue weighted by molar-refractivity contribution is 0.0699. The van der Waals surface area contributed by atoms with Crippen molar-refractivity contribution in [3.05, 3.63) is 24.3 Å². The van der Waals surface area contributed by atoms with Crippen LogP contribution in [-0.2, 0) is 9.47 Å². The van der Waals surface area contributed by atoms with E-state index in [2.05, 4.69) is 15.4 Å². The van der Waals surface area contributed by atoms with Crippen LogP contribution in [0.15, 0.2) is 24.3 Å². The van der Waals surface area contributed by atoms with Gasteiger partial charge in [0.1, 0.15) is 0 Å². The maximum Gasteiger partial charge on any atom is 0.411 e. The summed E-state index contributed by atoms with van der Waals surface area (Å²) in [5.74, 6) is 0.682. The van der Waals surface area contributed by atoms with Crippen LogP contribution in [0, 0.1) is 5.92 Å². The van der Waals surface area contributed by atoms with E-state index >= 15 is 0 Å². The van der Waals surface area contributed by atoms with Crippen LogP contribution in [0.1, 0.15) is 12.8 Å². The van der Waals surface area contributed by atoms with E-state index in [0.29, 0.717) is 5.92 Å². The molecule has 0 aliphatic carbocycles. The van der Waals surface area contributed by atoms with Crippen molar-refractivity contribution in [1.29, 1.82) is 0 Å². The fourth-order valence-corrected chi connectivity index (χ4v) is 2.05. The Morgan fingerprint density at radius 2 is 1.89 bits per heavy atom. The van der Waals surface area contributed by atoms with Crippen molar-refractivity contribution in [2.45, 2.75) is 12.8 Å². The van der Waals surface area contributed by atoms with E-state index in [1.807, 2.05) is 24.3 Å². The van der Waals surface area contributed by atoms with Crippen LogP contribution in [0.3, 0.4) is 0 Å². The first kappa shape index (κ1) is 13.7. The van der Waals surface area contributed by atoms with E-state index < -0.39 is 6.09 Å². The van der Waals surface area contributed by atoms with E-state index in [9.17, 15) is 4.79 Å². The molecule has 5 heteroatoms. The fraction of sp³-hybridized carbons (Fsp3) is 0.500. The van der Waals surface area contributed by atoms with Gasteiger partial charge in [-0.05, 0) is 43.0 Å². The van der Waals surface area contributed by atoms with Crippen molar-refractivity contribution >= 4 is 17.5 Å². The highest BCUT2D eigenvalue weighted by Crippen LogP contribution is 2.18. The molecule has 0 aromatic heterocycles. The predicted molar refractivity (Wildman–Crippen MR) is 74.5 cm³/mol. The zero-order valence-corrected chi connectivity index (χ0v) is 11.1. The van der Waals surface area contributed by atoms with E-state index in [-0.39, 0.29) is 0 Å². The quantitative estimate of drug-likeness (QED) is 0.877. The third-order valence-corrected chi connectivity index (χ3v) is 3.25. The summed E-state index contributed by atoms with van der Waals surface area (Å²) in [6.45, 7) is 2.70. The molecule has 0 unspecified atom stereocenters. The molecule has 0 atom stereocenters. The molecule has 0 radical (unpaired) electrons. The van der Waals surface area contributed by atoms with Crippen molar-refractivity contribution in [2.24, 2.45) is 5.92 Å². The molecule has 1 aliphatic heterocycles. The highest BCUT2D eigenvalue weighted by molar-refractivity contribution is 5.84. The molecule has 1 heterocycles. The molecule has 0 spiro atoms. The molecule has 1 fully saturated rings. The summed E-state index contributed by atoms with van der Waals surface area (Å²) in [5, 5.41) is 6.03. The van der Waals surface area contributed by atoms with Gasteiger partial charge in [0.25, 0.3) is 0 Å². The summed E-state index contributed by atoms with van der Waals surface area (Å²) in [4.78, 5) is 11.0. The lowest BCUT2D eigenvalue weighted by Crippen LogP contribution is -2.22. The largest absolute Gasteiger partial charge is 0.453 e. The molecule has 0 saturated carbocycles. The average molecular weight is 264 g/mol. The Labute approximate surface area is 113 Å². The number of anilines is 2. The molecule has 0 bridgehead atoms. The first-order chi connectivity index (χ1) is 9.28. The van der Waals surface area contributed by atoms with Gasteiger partial charge < -0.3 is 14.8 Å². The van der Waals surface area contributed by atoms with E-state index in [0.717, 1.165) is 44.0 Å². The molecule has 19 heavy (non-hydrogen) atoms. The van der Waals surface area contributed by atoms with Gasteiger partial charge in [-0.25, -0.2) is 4.79 Å². The summed E-state index contributed by atoms with van der Waals surface area (Å²) in [6, 6.07) is 7.60. The van der Waals surface area contributed by atoms with Gasteiger partial charge in [-0.15, -0.1) is 0 Å². The number of carbonyl (C=O) groups excluding carboxylic acids is 1. The lowest BCUT2D eigenvalue weighted by Gasteiger charge is -2.22. The number of carbonyl (C=O) groups is 1. The minimum atomic E-state index is -0.456. The van der Waals surface area contributed by atoms with Gasteiger partial charge in [0.2, 0.25) is 0 Å². The molecule has 1 amide bonds. The predicted octanol–water partition coefficient (Wildman–Crippen LogP) is 2.70. The maximum absolute atomic E-state index is 11.0. The van der Waals surface area contributed by atoms with Crippen LogP contribution in [0.2, 0.25) is 0 Å². The Balaban J connectivity index is 1.79. The molecular weight excluding hydrogens is 244 g/mol. The van der Waals surface area contributed by atoms with Crippen LogP contribution in [-0.4, -0.2) is 33.0 Å². The van der Waals surface area contributed by atoms with Gasteiger partial charge in [0.05, 0.1) is 7.11 Å². The van der Waals surface area contributed by atoms with Gasteiger partial charge >= 0.3 is 6.09 Å². The maximum atomic E-state index is 11.0. The van der Waals surface area contributed by atoms with Crippen molar-refractivity contribution in [3.63, 3.8) is 0 Å². The van der Waals surface area contributed by atoms with Gasteiger partial charge in [-0.3, -0.25) is 5.32 Å². The number of benzene rings is 1. The smallest absolute Gasteiger partial charge is 0.411 e. The zero-order chi connectivity index (χ0) is 13.5. The van der Waals surface area contributed by atoms with Gasteiger partial charge in [-0.1, -0.05) is 0 Å². The Hall–Kier alpha value is -1.75. The first-order valence-corrected chi connectivity index (χ1v) is 6.54. The Morgan fingerprint density at radius 1 is 1.26 bits per heavy atom. The van der Waals surface area contributed by atoms with Crippen molar-refractivity contribution < 1.29 is 14.3 Å². The molecular formula is C14H20N2O3. The zero-order valence-electron chi connectivity index (χ0n) is 11.1. The summed E-state index contributed by atoms with van der Waals surface area (Å²) >= 11 is 0. The summed E-state index contributed by atoms with van der Waals surface area (Å²) < 4.78 is 9.87. The van der Waals surface area contributed by atoms with E-state index in [1.54, 1.807) is 0 Å². The van der Waals surface area contributed by atoms with Gasteiger partial charge in [0, 0.05) is 31.1 Å². The van der Waals surface area contributed by atoms with Crippen LogP contribution in [0.25, 0.3) is 0 Å². The summed E-state index contributed by atoms with van der Waals surface area (Å²) in [5.41, 5.74) is 1.78. The van der Waals surface area contributed by atoms with Crippen LogP contribution < -0.4 is 10.6 Å². The Bertz CT molecular complexity index is 400. The summed E-state index contributed by atoms with van der Waals surface area (Å²) in [6.07, 6.45) is 1.78. The minimum absolute atomic E-state index is 0.456. The molecule has 5 nitrogen and oxygen atoms in total. The third kappa shape index (κ3) is 4.44. The first-order valence-electron chi connectivity index (χ1n) is 6.54. The second-order valence-electron chi connectivity index (χ2n) is 4.63. The van der Waals surface area contributed by atoms with Crippen LogP contribution in [0.5, 0.6) is 0 Å². The highest BCUT2D eigenvalue weighted by atomic mass is 16.5. The number of amides is 1. The van der Waals surface area contributed by atoms with E-state index in [4.69, 9.17) is 4.74 Å². The fourth-order valence-electron chi connectivity index (χ4n) is 2.05. The molecule has 2 rings (SSSR count). The number of ether oxygens (including phenoxy) is 2. The van der Waals surface area contributed by atoms with Crippen molar-refractivity contribution in [2.75, 3.05) is 37.5 Å². The number of hydrogen-bond donors (Lipinski definition) is 2. The van der Waals surface area contributed by atoms with Crippen LogP contribution in [0.4, 0.5) is 16.2 Å². The minimum Gasteiger partial charge on any atom is -0.453 e. The number of rotatable bonds is 4. The molecule has 2 N–H and O–H groups in total. The van der Waals surface area contributed by atoms with Crippen LogP contribution >= 0.6 is 0 Å². The lowest BCUT2D eigenvalue weighted by atomic mass is 10.0. The monoisotopic (exact) mass is 264 g/mol. The normalized spacial score (nSPS) is 15.8. The number of methoxy groups -OCH3 is 1. The van der Waals surface area contributed by atoms with Gasteiger partial charge in [0.15, 0.2) is 0 Å². The molecule has 104 valence electrons. The Morgan fingerprint density at radius 3 is 2.53 bits per heavy atom. The SMILES string of the molecule is COC(=O)Nc1ccc(NCC2CCOCC2)cc1. The number of hydrogen-bond acceptors (Lipinski definition) is 4. The number of nitrogens with one attached hydrogen (secondary N) is 2. The van der Waals surface area contributed by atoms with Crippen molar-refractivity contribution in [3.8, 4) is 0 Å². The molecule has 1 aliphatic rings. The molecule has 1 saturated heterocycles. The van der Waals surface area contributed by atoms with Gasteiger partial charge in [-0.2, -0.15) is 0 Å². The standard InChI is InChI=1S/C14H20N2O3/c1-18-14(17)16-13-4-2-12(3-5-13)15-10-11-6-8-19-9-7-11/h2-5,11,15H,6-10H2,1H3,(H,16,17). The average Bonchev–Trinajstić information content (AvgIpc) is 2.47. The van der Waals surface area contributed by atoms with Crippen molar-refractivity contribution in [1.82, 2.24) is 0 Å². The second-order valence-corrected chi connectivity index (χ2v) is 4.63. The Kier molecular flexibility index (Phi) is 5.03. The molecule has 1 aromatic rings. The highest BCUT2D eigenvalue weighted by Gasteiger charge is 2.13. The summed E-state index contributed by atoms with van der Waals surface area (Å²) in [7, 11) is 1.35. The molecule has 1 aromatic carbocycles.